The maximum Gasteiger partial charge on any atom is 0.314 e. The van der Waals surface area contributed by atoms with Gasteiger partial charge in [-0.3, -0.25) is 9.59 Å². The molecule has 0 amide bonds. The monoisotopic (exact) mass is 398 g/mol. The van der Waals surface area contributed by atoms with E-state index >= 15 is 0 Å². The second-order valence-corrected chi connectivity index (χ2v) is 7.24. The van der Waals surface area contributed by atoms with Crippen LogP contribution in [0, 0.1) is 5.41 Å². The standard InChI is InChI=1S/C23H26O6/c1-23(2,3)22(25)29-15-28-17-11-9-16(10-12-17)19(24)14-13-18-20(26-4)7-6-8-21(18)27-5/h6-14H,15H2,1-5H3. The third-order valence-corrected chi connectivity index (χ3v) is 4.03. The highest BCUT2D eigenvalue weighted by molar-refractivity contribution is 6.07. The first-order chi connectivity index (χ1) is 13.8. The van der Waals surface area contributed by atoms with Gasteiger partial charge in [0.2, 0.25) is 6.79 Å². The van der Waals surface area contributed by atoms with E-state index in [2.05, 4.69) is 0 Å². The second-order valence-electron chi connectivity index (χ2n) is 7.24. The minimum Gasteiger partial charge on any atom is -0.496 e. The van der Waals surface area contributed by atoms with Gasteiger partial charge in [-0.05, 0) is 69.3 Å². The predicted octanol–water partition coefficient (Wildman–Crippen LogP) is 4.53. The number of ether oxygens (including phenoxy) is 4. The Bertz CT molecular complexity index is 853. The summed E-state index contributed by atoms with van der Waals surface area (Å²) in [7, 11) is 3.12. The minimum absolute atomic E-state index is 0.177. The summed E-state index contributed by atoms with van der Waals surface area (Å²) < 4.78 is 21.1. The summed E-state index contributed by atoms with van der Waals surface area (Å²) >= 11 is 0. The molecule has 0 aliphatic heterocycles. The molecule has 154 valence electrons. The van der Waals surface area contributed by atoms with E-state index in [0.717, 1.165) is 0 Å². The van der Waals surface area contributed by atoms with Crippen LogP contribution >= 0.6 is 0 Å². The highest BCUT2D eigenvalue weighted by atomic mass is 16.7. The molecule has 0 unspecified atom stereocenters. The Kier molecular flexibility index (Phi) is 7.42. The molecular formula is C23H26O6. The van der Waals surface area contributed by atoms with Gasteiger partial charge in [0.05, 0.1) is 25.2 Å². The molecule has 2 aromatic rings. The second kappa shape index (κ2) is 9.78. The van der Waals surface area contributed by atoms with Crippen molar-refractivity contribution in [3.05, 3.63) is 59.7 Å². The highest BCUT2D eigenvalue weighted by Crippen LogP contribution is 2.29. The third-order valence-electron chi connectivity index (χ3n) is 4.03. The number of methoxy groups -OCH3 is 2. The van der Waals surface area contributed by atoms with Crippen LogP contribution in [0.5, 0.6) is 17.2 Å². The lowest BCUT2D eigenvalue weighted by Crippen LogP contribution is -2.24. The SMILES string of the molecule is COc1cccc(OC)c1C=CC(=O)c1ccc(OCOC(=O)C(C)(C)C)cc1. The molecule has 0 fully saturated rings. The predicted molar refractivity (Wildman–Crippen MR) is 110 cm³/mol. The molecule has 29 heavy (non-hydrogen) atoms. The molecule has 0 bridgehead atoms. The highest BCUT2D eigenvalue weighted by Gasteiger charge is 2.23. The molecule has 6 nitrogen and oxygen atoms in total. The van der Waals surface area contributed by atoms with E-state index in [0.29, 0.717) is 28.4 Å². The van der Waals surface area contributed by atoms with Crippen LogP contribution in [-0.2, 0) is 9.53 Å². The summed E-state index contributed by atoms with van der Waals surface area (Å²) in [6.45, 7) is 5.12. The van der Waals surface area contributed by atoms with Crippen LogP contribution < -0.4 is 14.2 Å². The lowest BCUT2D eigenvalue weighted by Gasteiger charge is -2.16. The Morgan fingerprint density at radius 3 is 2.03 bits per heavy atom. The topological polar surface area (TPSA) is 71.1 Å². The molecule has 2 aromatic carbocycles. The largest absolute Gasteiger partial charge is 0.496 e. The van der Waals surface area contributed by atoms with E-state index < -0.39 is 5.41 Å². The number of ketones is 1. The van der Waals surface area contributed by atoms with Crippen LogP contribution in [0.2, 0.25) is 0 Å². The number of rotatable bonds is 8. The van der Waals surface area contributed by atoms with Crippen molar-refractivity contribution in [3.8, 4) is 17.2 Å². The number of carbonyl (C=O) groups excluding carboxylic acids is 2. The fraction of sp³-hybridized carbons (Fsp3) is 0.304. The summed E-state index contributed by atoms with van der Waals surface area (Å²) in [6.07, 6.45) is 3.12. The van der Waals surface area contributed by atoms with E-state index in [1.165, 1.54) is 6.08 Å². The van der Waals surface area contributed by atoms with Crippen molar-refractivity contribution >= 4 is 17.8 Å². The number of benzene rings is 2. The maximum absolute atomic E-state index is 12.5. The van der Waals surface area contributed by atoms with Crippen molar-refractivity contribution in [2.45, 2.75) is 20.8 Å². The van der Waals surface area contributed by atoms with Gasteiger partial charge in [-0.1, -0.05) is 6.07 Å². The van der Waals surface area contributed by atoms with Crippen LogP contribution in [0.15, 0.2) is 48.5 Å². The first-order valence-corrected chi connectivity index (χ1v) is 9.09. The molecule has 0 saturated carbocycles. The number of esters is 1. The van der Waals surface area contributed by atoms with Gasteiger partial charge in [-0.25, -0.2) is 0 Å². The summed E-state index contributed by atoms with van der Waals surface area (Å²) in [5, 5.41) is 0. The normalized spacial score (nSPS) is 11.2. The van der Waals surface area contributed by atoms with Crippen LogP contribution in [0.1, 0.15) is 36.7 Å². The smallest absolute Gasteiger partial charge is 0.314 e. The number of hydrogen-bond acceptors (Lipinski definition) is 6. The van der Waals surface area contributed by atoms with Crippen molar-refractivity contribution in [3.63, 3.8) is 0 Å². The van der Waals surface area contributed by atoms with Gasteiger partial charge in [0.25, 0.3) is 0 Å². The van der Waals surface area contributed by atoms with E-state index in [1.807, 2.05) is 6.07 Å². The quantitative estimate of drug-likeness (QED) is 0.282. The fourth-order valence-corrected chi connectivity index (χ4v) is 2.38. The van der Waals surface area contributed by atoms with Crippen molar-refractivity contribution in [2.75, 3.05) is 21.0 Å². The van der Waals surface area contributed by atoms with Crippen molar-refractivity contribution in [1.82, 2.24) is 0 Å². The average Bonchev–Trinajstić information content (AvgIpc) is 2.71. The van der Waals surface area contributed by atoms with E-state index in [1.54, 1.807) is 77.5 Å². The van der Waals surface area contributed by atoms with E-state index in [9.17, 15) is 9.59 Å². The molecule has 2 rings (SSSR count). The Morgan fingerprint density at radius 2 is 1.52 bits per heavy atom. The van der Waals surface area contributed by atoms with Gasteiger partial charge >= 0.3 is 5.97 Å². The number of allylic oxidation sites excluding steroid dienone is 1. The molecule has 0 spiro atoms. The average molecular weight is 398 g/mol. The van der Waals surface area contributed by atoms with Crippen molar-refractivity contribution < 1.29 is 28.5 Å². The molecule has 0 radical (unpaired) electrons. The molecule has 0 atom stereocenters. The first-order valence-electron chi connectivity index (χ1n) is 9.09. The molecule has 0 aliphatic rings. The Labute approximate surface area is 171 Å². The van der Waals surface area contributed by atoms with Crippen LogP contribution in [0.25, 0.3) is 6.08 Å². The molecular weight excluding hydrogens is 372 g/mol. The van der Waals surface area contributed by atoms with Gasteiger partial charge < -0.3 is 18.9 Å². The Balaban J connectivity index is 2.01. The molecule has 0 saturated heterocycles. The number of carbonyl (C=O) groups is 2. The molecule has 0 aliphatic carbocycles. The molecule has 0 aromatic heterocycles. The van der Waals surface area contributed by atoms with Gasteiger partial charge in [0, 0.05) is 5.56 Å². The molecule has 0 heterocycles. The Morgan fingerprint density at radius 1 is 0.931 bits per heavy atom. The van der Waals surface area contributed by atoms with Gasteiger partial charge in [0.15, 0.2) is 5.78 Å². The van der Waals surface area contributed by atoms with E-state index in [-0.39, 0.29) is 18.5 Å². The van der Waals surface area contributed by atoms with Crippen LogP contribution in [0.4, 0.5) is 0 Å². The maximum atomic E-state index is 12.5. The summed E-state index contributed by atoms with van der Waals surface area (Å²) in [4.78, 5) is 24.2. The van der Waals surface area contributed by atoms with Gasteiger partial charge in [0.1, 0.15) is 17.2 Å². The van der Waals surface area contributed by atoms with E-state index in [4.69, 9.17) is 18.9 Å². The zero-order valence-electron chi connectivity index (χ0n) is 17.4. The Hall–Kier alpha value is -3.28. The molecule has 0 N–H and O–H groups in total. The zero-order valence-corrected chi connectivity index (χ0v) is 17.4. The van der Waals surface area contributed by atoms with Crippen molar-refractivity contribution in [2.24, 2.45) is 5.41 Å². The van der Waals surface area contributed by atoms with Crippen LogP contribution in [0.3, 0.4) is 0 Å². The molecule has 6 heteroatoms. The number of hydrogen-bond donors (Lipinski definition) is 0. The first kappa shape index (κ1) is 22.0. The minimum atomic E-state index is -0.587. The lowest BCUT2D eigenvalue weighted by molar-refractivity contribution is -0.159. The van der Waals surface area contributed by atoms with Crippen LogP contribution in [-0.4, -0.2) is 32.8 Å². The summed E-state index contributed by atoms with van der Waals surface area (Å²) in [5.74, 6) is 1.20. The zero-order chi connectivity index (χ0) is 21.4. The lowest BCUT2D eigenvalue weighted by atomic mass is 9.98. The third kappa shape index (κ3) is 6.10. The summed E-state index contributed by atoms with van der Waals surface area (Å²) in [5.41, 5.74) is 0.594. The van der Waals surface area contributed by atoms with Crippen molar-refractivity contribution in [1.29, 1.82) is 0 Å². The van der Waals surface area contributed by atoms with Gasteiger partial charge in [-0.2, -0.15) is 0 Å². The summed E-state index contributed by atoms with van der Waals surface area (Å²) in [6, 6.07) is 12.0. The fourth-order valence-electron chi connectivity index (χ4n) is 2.38. The van der Waals surface area contributed by atoms with Gasteiger partial charge in [-0.15, -0.1) is 0 Å².